The molecule has 1 heterocycles. The number of hydrogen-bond donors (Lipinski definition) is 1. The fourth-order valence-corrected chi connectivity index (χ4v) is 3.42. The molecule has 0 atom stereocenters. The van der Waals surface area contributed by atoms with Gasteiger partial charge in [0.05, 0.1) is 12.7 Å². The minimum atomic E-state index is -0.398. The van der Waals surface area contributed by atoms with E-state index in [-0.39, 0.29) is 11.5 Å². The Hall–Kier alpha value is -1.65. The van der Waals surface area contributed by atoms with Gasteiger partial charge in [0.1, 0.15) is 5.76 Å². The van der Waals surface area contributed by atoms with E-state index in [4.69, 9.17) is 4.84 Å². The van der Waals surface area contributed by atoms with Gasteiger partial charge in [0, 0.05) is 18.5 Å². The number of aliphatic hydroxyl groups is 1. The maximum absolute atomic E-state index is 12.4. The van der Waals surface area contributed by atoms with Crippen LogP contribution in [0.3, 0.4) is 0 Å². The van der Waals surface area contributed by atoms with E-state index in [2.05, 4.69) is 19.1 Å². The summed E-state index contributed by atoms with van der Waals surface area (Å²) >= 11 is 0. The fraction of sp³-hybridized carbons (Fsp3) is 0.550. The molecule has 0 amide bonds. The number of piperidine rings is 1. The number of carbonyl (C=O) groups is 1. The van der Waals surface area contributed by atoms with Gasteiger partial charge >= 0.3 is 0 Å². The molecular weight excluding hydrogens is 302 g/mol. The Morgan fingerprint density at radius 2 is 1.96 bits per heavy atom. The summed E-state index contributed by atoms with van der Waals surface area (Å²) < 4.78 is 0. The van der Waals surface area contributed by atoms with Crippen molar-refractivity contribution in [2.24, 2.45) is 5.41 Å². The molecule has 1 saturated heterocycles. The number of rotatable bonds is 5. The molecule has 0 radical (unpaired) electrons. The van der Waals surface area contributed by atoms with E-state index in [1.54, 1.807) is 14.0 Å². The number of ketones is 1. The Kier molecular flexibility index (Phi) is 5.83. The second-order valence-electron chi connectivity index (χ2n) is 6.97. The Labute approximate surface area is 145 Å². The second kappa shape index (κ2) is 7.49. The van der Waals surface area contributed by atoms with Crippen LogP contribution < -0.4 is 0 Å². The molecule has 1 aromatic rings. The number of hydroxylamine groups is 2. The van der Waals surface area contributed by atoms with Gasteiger partial charge in [-0.3, -0.25) is 4.79 Å². The Morgan fingerprint density at radius 1 is 1.33 bits per heavy atom. The van der Waals surface area contributed by atoms with Crippen LogP contribution in [0.4, 0.5) is 0 Å². The van der Waals surface area contributed by atoms with Crippen molar-refractivity contribution in [1.29, 1.82) is 0 Å². The topological polar surface area (TPSA) is 49.8 Å². The number of Topliss-reactive ketones (excluding diaryl/α,β-unsaturated/α-hetero) is 1. The SMILES string of the molecule is CCc1ccc(C)cc1/C(C(C)=O)=C(\O)C1(C)CCN(OC)CC1. The van der Waals surface area contributed by atoms with Crippen LogP contribution in [0.5, 0.6) is 0 Å². The minimum absolute atomic E-state index is 0.0804. The number of benzene rings is 1. The number of aliphatic hydroxyl groups excluding tert-OH is 1. The quantitative estimate of drug-likeness (QED) is 0.652. The summed E-state index contributed by atoms with van der Waals surface area (Å²) in [6, 6.07) is 6.12. The lowest BCUT2D eigenvalue weighted by Gasteiger charge is -2.38. The van der Waals surface area contributed by atoms with Gasteiger partial charge in [0.15, 0.2) is 5.78 Å². The smallest absolute Gasteiger partial charge is 0.163 e. The molecule has 4 nitrogen and oxygen atoms in total. The number of aryl methyl sites for hydroxylation is 2. The van der Waals surface area contributed by atoms with Crippen LogP contribution in [0.25, 0.3) is 5.57 Å². The Bertz CT molecular complexity index is 640. The van der Waals surface area contributed by atoms with Crippen LogP contribution in [0.1, 0.15) is 50.3 Å². The van der Waals surface area contributed by atoms with Crippen molar-refractivity contribution in [3.63, 3.8) is 0 Å². The summed E-state index contributed by atoms with van der Waals surface area (Å²) in [5.41, 5.74) is 3.13. The van der Waals surface area contributed by atoms with Crippen molar-refractivity contribution in [3.8, 4) is 0 Å². The third-order valence-corrected chi connectivity index (χ3v) is 5.16. The molecule has 1 aromatic carbocycles. The summed E-state index contributed by atoms with van der Waals surface area (Å²) in [6.45, 7) is 9.16. The van der Waals surface area contributed by atoms with Crippen molar-refractivity contribution in [2.45, 2.75) is 47.0 Å². The number of allylic oxidation sites excluding steroid dienone is 2. The summed E-state index contributed by atoms with van der Waals surface area (Å²) in [7, 11) is 1.67. The lowest BCUT2D eigenvalue weighted by molar-refractivity contribution is -0.156. The van der Waals surface area contributed by atoms with Gasteiger partial charge in [-0.1, -0.05) is 37.6 Å². The largest absolute Gasteiger partial charge is 0.511 e. The van der Waals surface area contributed by atoms with E-state index in [9.17, 15) is 9.90 Å². The highest BCUT2D eigenvalue weighted by Gasteiger charge is 2.37. The van der Waals surface area contributed by atoms with Gasteiger partial charge in [-0.15, -0.1) is 0 Å². The predicted molar refractivity (Wildman–Crippen MR) is 96.7 cm³/mol. The van der Waals surface area contributed by atoms with Gasteiger partial charge in [-0.25, -0.2) is 0 Å². The standard InChI is InChI=1S/C20H29NO3/c1-6-16-8-7-14(2)13-17(16)18(15(3)22)19(23)20(4)9-11-21(24-5)12-10-20/h7-8,13,23H,6,9-12H2,1-5H3/b19-18-. The molecule has 0 spiro atoms. The van der Waals surface area contributed by atoms with Crippen molar-refractivity contribution in [2.75, 3.05) is 20.2 Å². The molecule has 132 valence electrons. The average Bonchev–Trinajstić information content (AvgIpc) is 2.55. The monoisotopic (exact) mass is 331 g/mol. The van der Waals surface area contributed by atoms with Crippen molar-refractivity contribution >= 4 is 11.4 Å². The molecule has 1 N–H and O–H groups in total. The average molecular weight is 331 g/mol. The molecule has 24 heavy (non-hydrogen) atoms. The zero-order chi connectivity index (χ0) is 17.9. The van der Waals surface area contributed by atoms with E-state index >= 15 is 0 Å². The summed E-state index contributed by atoms with van der Waals surface area (Å²) in [5.74, 6) is 0.147. The van der Waals surface area contributed by atoms with Crippen LogP contribution >= 0.6 is 0 Å². The van der Waals surface area contributed by atoms with Crippen LogP contribution in [-0.2, 0) is 16.1 Å². The summed E-state index contributed by atoms with van der Waals surface area (Å²) in [5, 5.41) is 13.0. The highest BCUT2D eigenvalue weighted by atomic mass is 16.7. The molecule has 1 aliphatic rings. The van der Waals surface area contributed by atoms with Gasteiger partial charge in [0.2, 0.25) is 0 Å². The first kappa shape index (κ1) is 18.7. The first-order valence-electron chi connectivity index (χ1n) is 8.66. The maximum Gasteiger partial charge on any atom is 0.163 e. The maximum atomic E-state index is 12.4. The number of hydrogen-bond acceptors (Lipinski definition) is 4. The van der Waals surface area contributed by atoms with Crippen LogP contribution in [0.15, 0.2) is 24.0 Å². The molecule has 1 aliphatic heterocycles. The minimum Gasteiger partial charge on any atom is -0.511 e. The molecular formula is C20H29NO3. The lowest BCUT2D eigenvalue weighted by Crippen LogP contribution is -2.39. The molecule has 0 aromatic heterocycles. The summed E-state index contributed by atoms with van der Waals surface area (Å²) in [4.78, 5) is 17.7. The Morgan fingerprint density at radius 3 is 2.46 bits per heavy atom. The summed E-state index contributed by atoms with van der Waals surface area (Å²) in [6.07, 6.45) is 2.35. The molecule has 0 unspecified atom stereocenters. The zero-order valence-electron chi connectivity index (χ0n) is 15.5. The van der Waals surface area contributed by atoms with Crippen molar-refractivity contribution in [1.82, 2.24) is 5.06 Å². The van der Waals surface area contributed by atoms with Crippen LogP contribution in [-0.4, -0.2) is 36.2 Å². The highest BCUT2D eigenvalue weighted by Crippen LogP contribution is 2.41. The van der Waals surface area contributed by atoms with Gasteiger partial charge < -0.3 is 9.94 Å². The highest BCUT2D eigenvalue weighted by molar-refractivity contribution is 6.20. The second-order valence-corrected chi connectivity index (χ2v) is 6.97. The number of nitrogens with zero attached hydrogens (tertiary/aromatic N) is 1. The first-order valence-corrected chi connectivity index (χ1v) is 8.66. The lowest BCUT2D eigenvalue weighted by atomic mass is 9.75. The van der Waals surface area contributed by atoms with Gasteiger partial charge in [-0.05, 0) is 44.2 Å². The zero-order valence-corrected chi connectivity index (χ0v) is 15.5. The Balaban J connectivity index is 2.52. The molecule has 0 saturated carbocycles. The van der Waals surface area contributed by atoms with Gasteiger partial charge in [-0.2, -0.15) is 5.06 Å². The fourth-order valence-electron chi connectivity index (χ4n) is 3.42. The first-order chi connectivity index (χ1) is 11.3. The van der Waals surface area contributed by atoms with E-state index in [0.717, 1.165) is 49.0 Å². The third-order valence-electron chi connectivity index (χ3n) is 5.16. The van der Waals surface area contributed by atoms with Crippen molar-refractivity contribution in [3.05, 3.63) is 40.6 Å². The van der Waals surface area contributed by atoms with E-state index in [0.29, 0.717) is 5.57 Å². The molecule has 0 aliphatic carbocycles. The normalized spacial score (nSPS) is 19.0. The van der Waals surface area contributed by atoms with E-state index < -0.39 is 5.41 Å². The van der Waals surface area contributed by atoms with E-state index in [1.807, 2.05) is 25.0 Å². The van der Waals surface area contributed by atoms with E-state index in [1.165, 1.54) is 0 Å². The van der Waals surface area contributed by atoms with Crippen LogP contribution in [0, 0.1) is 12.3 Å². The molecule has 4 heteroatoms. The predicted octanol–water partition coefficient (Wildman–Crippen LogP) is 4.08. The van der Waals surface area contributed by atoms with Crippen LogP contribution in [0.2, 0.25) is 0 Å². The molecule has 2 rings (SSSR count). The van der Waals surface area contributed by atoms with Gasteiger partial charge in [0.25, 0.3) is 0 Å². The van der Waals surface area contributed by atoms with Crippen molar-refractivity contribution < 1.29 is 14.7 Å². The number of carbonyl (C=O) groups excluding carboxylic acids is 1. The molecule has 1 fully saturated rings. The third kappa shape index (κ3) is 3.70. The molecule has 0 bridgehead atoms.